The van der Waals surface area contributed by atoms with Gasteiger partial charge in [-0.05, 0) is 121 Å². The first kappa shape index (κ1) is 116. The molecular formula is C92H151ClFN6O23+5. The maximum Gasteiger partial charge on any atom is 0.335 e. The summed E-state index contributed by atoms with van der Waals surface area (Å²) in [6.07, 6.45) is 3.93. The van der Waals surface area contributed by atoms with Gasteiger partial charge in [0, 0.05) is 24.5 Å². The molecule has 6 aromatic carbocycles. The Balaban J connectivity index is 0. The van der Waals surface area contributed by atoms with Gasteiger partial charge in [-0.2, -0.15) is 4.39 Å². The molecule has 0 amide bonds. The first-order valence-electron chi connectivity index (χ1n) is 41.1. The van der Waals surface area contributed by atoms with Gasteiger partial charge < -0.3 is 117 Å². The van der Waals surface area contributed by atoms with Crippen molar-refractivity contribution in [1.82, 2.24) is 0 Å². The summed E-state index contributed by atoms with van der Waals surface area (Å²) < 4.78 is 41.3. The topological polar surface area (TPSA) is 397 Å². The van der Waals surface area contributed by atoms with Crippen LogP contribution in [-0.2, 0) is 22.7 Å². The summed E-state index contributed by atoms with van der Waals surface area (Å²) in [5.41, 5.74) is 6.05. The number of benzene rings is 6. The number of carboxylic acids is 5. The Bertz CT molecular complexity index is 3720. The average molecular weight is 1760 g/mol. The molecule has 3 heterocycles. The van der Waals surface area contributed by atoms with E-state index >= 15 is 0 Å². The molecule has 1 spiro atoms. The molecule has 3 aliphatic rings. The van der Waals surface area contributed by atoms with E-state index in [1.807, 2.05) is 68.4 Å². The molecule has 0 saturated carbocycles. The fourth-order valence-corrected chi connectivity index (χ4v) is 12.8. The third-order valence-electron chi connectivity index (χ3n) is 18.7. The number of aromatic carboxylic acids is 3. The third-order valence-corrected chi connectivity index (χ3v) is 19.1. The van der Waals surface area contributed by atoms with Gasteiger partial charge in [0.2, 0.25) is 13.6 Å². The van der Waals surface area contributed by atoms with E-state index < -0.39 is 48.2 Å². The number of halogens is 2. The molecule has 6 aromatic rings. The lowest BCUT2D eigenvalue weighted by Crippen LogP contribution is -2.57. The second kappa shape index (κ2) is 60.7. The zero-order chi connectivity index (χ0) is 94.4. The Kier molecular flexibility index (Phi) is 57.3. The van der Waals surface area contributed by atoms with Crippen molar-refractivity contribution < 1.29 is 145 Å². The van der Waals surface area contributed by atoms with Crippen LogP contribution < -0.4 is 28.8 Å². The van der Waals surface area contributed by atoms with Crippen molar-refractivity contribution >= 4 is 41.4 Å². The minimum atomic E-state index is -0.965. The highest BCUT2D eigenvalue weighted by molar-refractivity contribution is 6.18. The normalized spacial score (nSPS) is 13.0. The smallest absolute Gasteiger partial charge is 0.335 e. The van der Waals surface area contributed by atoms with Crippen LogP contribution in [0.4, 0.5) is 4.39 Å². The average Bonchev–Trinajstić information content (AvgIpc) is 1.64. The van der Waals surface area contributed by atoms with Crippen LogP contribution in [0.5, 0.6) is 34.5 Å². The van der Waals surface area contributed by atoms with Crippen LogP contribution >= 0.6 is 11.6 Å². The minimum absolute atomic E-state index is 0.0362. The van der Waals surface area contributed by atoms with E-state index in [0.29, 0.717) is 78.7 Å². The number of fused-ring (bicyclic) bond motifs is 2. The van der Waals surface area contributed by atoms with Gasteiger partial charge >= 0.3 is 23.9 Å². The van der Waals surface area contributed by atoms with E-state index in [2.05, 4.69) is 115 Å². The molecule has 1 unspecified atom stereocenters. The maximum atomic E-state index is 11.8. The number of ether oxygens (including phenoxy) is 5. The van der Waals surface area contributed by atoms with Crippen LogP contribution in [0, 0.1) is 11.3 Å². The molecule has 0 radical (unpaired) electrons. The largest absolute Gasteiger partial charge is 0.867 e. The monoisotopic (exact) mass is 1760 g/mol. The van der Waals surface area contributed by atoms with Gasteiger partial charge in [0.25, 0.3) is 5.97 Å². The van der Waals surface area contributed by atoms with Crippen LogP contribution in [0.25, 0.3) is 0 Å². The summed E-state index contributed by atoms with van der Waals surface area (Å²) in [7, 11) is 25.3. The molecule has 1 atom stereocenters. The van der Waals surface area contributed by atoms with Gasteiger partial charge in [-0.15, -0.1) is 11.6 Å². The quantitative estimate of drug-likeness (QED) is 0.0109. The number of rotatable bonds is 31. The number of piperidine rings is 1. The number of methoxy groups -OCH3 is 2. The van der Waals surface area contributed by atoms with Crippen molar-refractivity contribution in [3.8, 4) is 34.5 Å². The SMILES string of the molecule is CC(=O)O.CC(C)CC(=O)O.CC(C)c1ccc(C(=O)O)cc1.CC(C)c1ccc(C(=O)O)cc1.COc1cccc(OC)c1[O-].C[N+](C)(C)CC(CO)(CO)C[N+](C)(C)C.C[N+](C)(C)CCOc1ccccc1.C[N+](C)(CF)CCO.O=C(O)c1ccc2c(c1)OCO2.OCC[N+](CCO)(CCO)CC(O)CCl.c1ccc2c(c1)C[N+]1(CCCCC1)C2. The molecule has 0 bridgehead atoms. The highest BCUT2D eigenvalue weighted by Crippen LogP contribution is 2.35. The van der Waals surface area contributed by atoms with Gasteiger partial charge in [0.15, 0.2) is 11.5 Å². The molecule has 0 aliphatic carbocycles. The molecule has 1 fully saturated rings. The Morgan fingerprint density at radius 2 is 0.927 bits per heavy atom. The maximum absolute atomic E-state index is 11.8. The van der Waals surface area contributed by atoms with Gasteiger partial charge in [-0.3, -0.25) is 9.59 Å². The number of aliphatic carboxylic acids is 2. The van der Waals surface area contributed by atoms with Crippen molar-refractivity contribution in [2.24, 2.45) is 11.3 Å². The Hall–Kier alpha value is -8.83. The van der Waals surface area contributed by atoms with E-state index in [-0.39, 0.29) is 84.9 Å². The van der Waals surface area contributed by atoms with Crippen LogP contribution in [0.15, 0.2) is 140 Å². The predicted molar refractivity (Wildman–Crippen MR) is 477 cm³/mol. The Labute approximate surface area is 735 Å². The lowest BCUT2D eigenvalue weighted by molar-refractivity contribution is -0.951. The number of carbonyl (C=O) groups is 5. The Morgan fingerprint density at radius 3 is 1.24 bits per heavy atom. The van der Waals surface area contributed by atoms with E-state index in [1.54, 1.807) is 73.8 Å². The number of aliphatic hydroxyl groups excluding tert-OH is 7. The number of hydrogen-bond donors (Lipinski definition) is 12. The summed E-state index contributed by atoms with van der Waals surface area (Å²) in [6, 6.07) is 42.3. The molecule has 0 aromatic heterocycles. The zero-order valence-electron chi connectivity index (χ0n) is 76.8. The fourth-order valence-electron chi connectivity index (χ4n) is 12.7. The lowest BCUT2D eigenvalue weighted by Gasteiger charge is -2.40. The summed E-state index contributed by atoms with van der Waals surface area (Å²) in [5, 5.41) is 116. The molecular weight excluding hydrogens is 1610 g/mol. The minimum Gasteiger partial charge on any atom is -0.867 e. The van der Waals surface area contributed by atoms with Gasteiger partial charge in [0.05, 0.1) is 180 Å². The van der Waals surface area contributed by atoms with Crippen molar-refractivity contribution in [2.45, 2.75) is 105 Å². The molecule has 9 rings (SSSR count). The number of quaternary nitrogens is 6. The molecule has 31 heteroatoms. The highest BCUT2D eigenvalue weighted by Gasteiger charge is 2.40. The first-order chi connectivity index (χ1) is 57.4. The molecule has 1 saturated heterocycles. The standard InChI is InChI=1S/C13H18N.C11H28N2O2.C11H18NO.2C10H12O2.C9H21ClNO4.C8H6O4.C8H10O3.C5H13FNO.C5H10O2.C2H4O2/c1-4-8-14(9-5-1)10-12-6-2-3-7-13(12)11-14;1-12(2,3)7-11(9-14,10-15)8-13(4,5)6;1-12(2,3)9-10-13-11-7-5-4-6-8-11;2*1-7(2)8-3-5-9(6-4-8)10(11)12;10-7-9(15)8-11(1-4-12,2-5-13)3-6-14;9-8(10)5-1-2-6-7(3-5)12-4-11-6;1-10-6-4-3-5-7(11-2)8(6)9;1-7(2,5-6)3-4-8;1-4(2)3-5(6)7;1-2(3)4/h2-3,6-7H,1,4-5,8-11H2;14-15H,7-10H2,1-6H3;4-8H,9-10H2,1-3H3;2*3-7H,1-2H3,(H,11,12);9,12-15H,1-8H2;1-3H,4H2,(H,9,10);3-5,9H,1-2H3;8H,3-5H2,1-2H3;4H,3H2,1-2H3,(H,6,7);1H3,(H,3,4)/q+1;+2;+1;;;+1;;;+1;;/p-1. The molecule has 29 nitrogen and oxygen atoms in total. The first-order valence-corrected chi connectivity index (χ1v) is 41.7. The summed E-state index contributed by atoms with van der Waals surface area (Å²) >= 11 is 5.51. The molecule has 12 N–H and O–H groups in total. The van der Waals surface area contributed by atoms with E-state index in [9.17, 15) is 44.0 Å². The van der Waals surface area contributed by atoms with E-state index in [0.717, 1.165) is 52.4 Å². The predicted octanol–water partition coefficient (Wildman–Crippen LogP) is 10.3. The number of likely N-dealkylation sites (N-methyl/N-ethyl adjacent to an activating group) is 2. The number of alkyl halides is 2. The van der Waals surface area contributed by atoms with Crippen molar-refractivity contribution in [3.63, 3.8) is 0 Å². The summed E-state index contributed by atoms with van der Waals surface area (Å²) in [6.45, 7) is 23.7. The third kappa shape index (κ3) is 53.2. The summed E-state index contributed by atoms with van der Waals surface area (Å²) in [4.78, 5) is 50.3. The highest BCUT2D eigenvalue weighted by atomic mass is 35.5. The van der Waals surface area contributed by atoms with Gasteiger partial charge in [0.1, 0.15) is 87.7 Å². The zero-order valence-corrected chi connectivity index (χ0v) is 77.5. The van der Waals surface area contributed by atoms with Crippen LogP contribution in [-0.4, -0.2) is 347 Å². The fraction of sp³-hybridized carbons (Fsp3) is 0.554. The van der Waals surface area contributed by atoms with Crippen molar-refractivity contribution in [3.05, 3.63) is 178 Å². The summed E-state index contributed by atoms with van der Waals surface area (Å²) in [5.74, 6) is -0.503. The second-order valence-corrected chi connectivity index (χ2v) is 35.3. The van der Waals surface area contributed by atoms with Crippen LogP contribution in [0.1, 0.15) is 139 Å². The van der Waals surface area contributed by atoms with Crippen LogP contribution in [0.2, 0.25) is 0 Å². The number of aliphatic hydroxyl groups is 7. The van der Waals surface area contributed by atoms with Crippen molar-refractivity contribution in [2.75, 3.05) is 223 Å². The molecule has 3 aliphatic heterocycles. The number of para-hydroxylation sites is 2. The number of carboxylic acid groups (broad SMARTS) is 5. The lowest BCUT2D eigenvalue weighted by atomic mass is 9.87. The van der Waals surface area contributed by atoms with Gasteiger partial charge in [-0.1, -0.05) is 114 Å². The molecule has 123 heavy (non-hydrogen) atoms. The van der Waals surface area contributed by atoms with Crippen LogP contribution in [0.3, 0.4) is 0 Å². The number of nitrogens with zero attached hydrogens (tertiary/aromatic N) is 6. The number of hydrogen-bond acceptors (Lipinski definition) is 18. The van der Waals surface area contributed by atoms with E-state index in [4.69, 9.17) is 86.0 Å². The van der Waals surface area contributed by atoms with Crippen molar-refractivity contribution in [1.29, 1.82) is 0 Å². The second-order valence-electron chi connectivity index (χ2n) is 35.0. The van der Waals surface area contributed by atoms with E-state index in [1.165, 1.54) is 87.4 Å². The Morgan fingerprint density at radius 1 is 0.528 bits per heavy atom. The van der Waals surface area contributed by atoms with Gasteiger partial charge in [-0.25, -0.2) is 14.4 Å². The molecule has 696 valence electrons.